The summed E-state index contributed by atoms with van der Waals surface area (Å²) in [6.45, 7) is 3.36. The number of anilines is 1. The van der Waals surface area contributed by atoms with E-state index < -0.39 is 0 Å². The standard InChI is InChI=1S/C25H29ClFN3O2/c26-21-8-6-9-22(27)20(21)17-29-15-11-18(12-16-29)24(31)28-23-10-3-2-7-19(23)25(32)30-13-4-1-5-14-30/h2-3,6-10,18H,1,4-5,11-17H2,(H,28,31). The van der Waals surface area contributed by atoms with Crippen LogP contribution >= 0.6 is 11.6 Å². The highest BCUT2D eigenvalue weighted by Crippen LogP contribution is 2.26. The summed E-state index contributed by atoms with van der Waals surface area (Å²) < 4.78 is 14.1. The predicted octanol–water partition coefficient (Wildman–Crippen LogP) is 4.96. The molecule has 0 bridgehead atoms. The van der Waals surface area contributed by atoms with Gasteiger partial charge in [-0.2, -0.15) is 0 Å². The number of rotatable bonds is 5. The Kier molecular flexibility index (Phi) is 7.43. The number of hydrogen-bond acceptors (Lipinski definition) is 3. The summed E-state index contributed by atoms with van der Waals surface area (Å²) >= 11 is 6.15. The highest BCUT2D eigenvalue weighted by atomic mass is 35.5. The Morgan fingerprint density at radius 1 is 0.969 bits per heavy atom. The maximum absolute atomic E-state index is 14.1. The molecule has 4 rings (SSSR count). The molecule has 0 saturated carbocycles. The average Bonchev–Trinajstić information content (AvgIpc) is 2.82. The van der Waals surface area contributed by atoms with Crippen molar-refractivity contribution in [1.82, 2.24) is 9.80 Å². The number of hydrogen-bond donors (Lipinski definition) is 1. The topological polar surface area (TPSA) is 52.7 Å². The SMILES string of the molecule is O=C(Nc1ccccc1C(=O)N1CCCCC1)C1CCN(Cc2c(F)cccc2Cl)CC1. The van der Waals surface area contributed by atoms with E-state index in [0.717, 1.165) is 32.4 Å². The van der Waals surface area contributed by atoms with Crippen LogP contribution in [0, 0.1) is 11.7 Å². The molecule has 2 aliphatic rings. The summed E-state index contributed by atoms with van der Waals surface area (Å²) in [5, 5.41) is 3.43. The fraction of sp³-hybridized carbons (Fsp3) is 0.440. The van der Waals surface area contributed by atoms with Crippen LogP contribution in [0.2, 0.25) is 5.02 Å². The van der Waals surface area contributed by atoms with Gasteiger partial charge in [0.25, 0.3) is 5.91 Å². The van der Waals surface area contributed by atoms with E-state index >= 15 is 0 Å². The van der Waals surface area contributed by atoms with E-state index in [4.69, 9.17) is 11.6 Å². The lowest BCUT2D eigenvalue weighted by molar-refractivity contribution is -0.121. The molecule has 0 radical (unpaired) electrons. The Bertz CT molecular complexity index is 949. The number of amides is 2. The molecule has 2 aliphatic heterocycles. The quantitative estimate of drug-likeness (QED) is 0.690. The van der Waals surface area contributed by atoms with Gasteiger partial charge in [-0.25, -0.2) is 4.39 Å². The first-order valence-electron chi connectivity index (χ1n) is 11.4. The maximum Gasteiger partial charge on any atom is 0.255 e. The third-order valence-electron chi connectivity index (χ3n) is 6.46. The number of benzene rings is 2. The monoisotopic (exact) mass is 457 g/mol. The fourth-order valence-corrected chi connectivity index (χ4v) is 4.76. The fourth-order valence-electron chi connectivity index (χ4n) is 4.54. The summed E-state index contributed by atoms with van der Waals surface area (Å²) in [6.07, 6.45) is 4.57. The minimum atomic E-state index is -0.299. The second kappa shape index (κ2) is 10.5. The molecule has 0 aliphatic carbocycles. The van der Waals surface area contributed by atoms with E-state index in [-0.39, 0.29) is 23.5 Å². The minimum absolute atomic E-state index is 0.0165. The molecule has 0 unspecified atom stereocenters. The molecule has 170 valence electrons. The average molecular weight is 458 g/mol. The zero-order valence-corrected chi connectivity index (χ0v) is 18.9. The summed E-state index contributed by atoms with van der Waals surface area (Å²) in [6, 6.07) is 12.0. The minimum Gasteiger partial charge on any atom is -0.339 e. The summed E-state index contributed by atoms with van der Waals surface area (Å²) in [4.78, 5) is 29.9. The summed E-state index contributed by atoms with van der Waals surface area (Å²) in [7, 11) is 0. The molecule has 2 saturated heterocycles. The number of nitrogens with one attached hydrogen (secondary N) is 1. The van der Waals surface area contributed by atoms with Gasteiger partial charge in [-0.1, -0.05) is 29.8 Å². The number of likely N-dealkylation sites (tertiary alicyclic amines) is 2. The van der Waals surface area contributed by atoms with Crippen LogP contribution in [0.5, 0.6) is 0 Å². The molecule has 2 aromatic rings. The summed E-state index contributed by atoms with van der Waals surface area (Å²) in [5.41, 5.74) is 1.63. The van der Waals surface area contributed by atoms with Crippen molar-refractivity contribution in [2.45, 2.75) is 38.6 Å². The molecular weight excluding hydrogens is 429 g/mol. The van der Waals surface area contributed by atoms with Gasteiger partial charge in [0.05, 0.1) is 11.3 Å². The second-order valence-electron chi connectivity index (χ2n) is 8.64. The largest absolute Gasteiger partial charge is 0.339 e. The van der Waals surface area contributed by atoms with Crippen molar-refractivity contribution < 1.29 is 14.0 Å². The lowest BCUT2D eigenvalue weighted by Crippen LogP contribution is -2.38. The van der Waals surface area contributed by atoms with E-state index in [1.807, 2.05) is 17.0 Å². The van der Waals surface area contributed by atoms with E-state index in [0.29, 0.717) is 54.3 Å². The summed E-state index contributed by atoms with van der Waals surface area (Å²) in [5.74, 6) is -0.516. The predicted molar refractivity (Wildman–Crippen MR) is 124 cm³/mol. The van der Waals surface area contributed by atoms with Gasteiger partial charge in [-0.05, 0) is 69.5 Å². The molecule has 2 amide bonds. The van der Waals surface area contributed by atoms with Gasteiger partial charge < -0.3 is 10.2 Å². The van der Waals surface area contributed by atoms with Crippen LogP contribution < -0.4 is 5.32 Å². The molecular formula is C25H29ClFN3O2. The van der Waals surface area contributed by atoms with E-state index in [2.05, 4.69) is 10.2 Å². The van der Waals surface area contributed by atoms with E-state index in [1.54, 1.807) is 24.3 Å². The first-order chi connectivity index (χ1) is 15.5. The van der Waals surface area contributed by atoms with Crippen molar-refractivity contribution >= 4 is 29.1 Å². The van der Waals surface area contributed by atoms with Crippen molar-refractivity contribution in [3.63, 3.8) is 0 Å². The number of carbonyl (C=O) groups excluding carboxylic acids is 2. The Balaban J connectivity index is 1.35. The lowest BCUT2D eigenvalue weighted by atomic mass is 9.95. The molecule has 1 N–H and O–H groups in total. The molecule has 0 aromatic heterocycles. The van der Waals surface area contributed by atoms with Crippen LogP contribution in [0.4, 0.5) is 10.1 Å². The van der Waals surface area contributed by atoms with Crippen LogP contribution in [-0.2, 0) is 11.3 Å². The van der Waals surface area contributed by atoms with Crippen molar-refractivity contribution in [3.05, 3.63) is 64.4 Å². The van der Waals surface area contributed by atoms with Gasteiger partial charge in [0.15, 0.2) is 0 Å². The van der Waals surface area contributed by atoms with Crippen LogP contribution in [0.15, 0.2) is 42.5 Å². The number of carbonyl (C=O) groups is 2. The normalized spacial score (nSPS) is 17.9. The Labute approximate surface area is 193 Å². The van der Waals surface area contributed by atoms with E-state index in [9.17, 15) is 14.0 Å². The first-order valence-corrected chi connectivity index (χ1v) is 11.7. The number of halogens is 2. The molecule has 2 heterocycles. The van der Waals surface area contributed by atoms with Gasteiger partial charge >= 0.3 is 0 Å². The zero-order valence-electron chi connectivity index (χ0n) is 18.2. The molecule has 0 atom stereocenters. The highest BCUT2D eigenvalue weighted by Gasteiger charge is 2.27. The smallest absolute Gasteiger partial charge is 0.255 e. The number of piperidine rings is 2. The molecule has 2 aromatic carbocycles. The molecule has 0 spiro atoms. The van der Waals surface area contributed by atoms with Gasteiger partial charge in [-0.3, -0.25) is 14.5 Å². The second-order valence-corrected chi connectivity index (χ2v) is 9.05. The highest BCUT2D eigenvalue weighted by molar-refractivity contribution is 6.31. The first kappa shape index (κ1) is 22.7. The van der Waals surface area contributed by atoms with Gasteiger partial charge in [0, 0.05) is 36.1 Å². The molecule has 7 heteroatoms. The number of para-hydroxylation sites is 1. The van der Waals surface area contributed by atoms with Gasteiger partial charge in [0.2, 0.25) is 5.91 Å². The van der Waals surface area contributed by atoms with Crippen molar-refractivity contribution in [3.8, 4) is 0 Å². The van der Waals surface area contributed by atoms with Crippen LogP contribution in [0.1, 0.15) is 48.0 Å². The maximum atomic E-state index is 14.1. The molecule has 32 heavy (non-hydrogen) atoms. The van der Waals surface area contributed by atoms with Crippen molar-refractivity contribution in [2.75, 3.05) is 31.5 Å². The van der Waals surface area contributed by atoms with Crippen molar-refractivity contribution in [2.24, 2.45) is 5.92 Å². The van der Waals surface area contributed by atoms with Crippen LogP contribution in [0.3, 0.4) is 0 Å². The Hall–Kier alpha value is -2.44. The molecule has 5 nitrogen and oxygen atoms in total. The number of nitrogens with zero attached hydrogens (tertiary/aromatic N) is 2. The zero-order chi connectivity index (χ0) is 22.5. The van der Waals surface area contributed by atoms with Gasteiger partial charge in [-0.15, -0.1) is 0 Å². The van der Waals surface area contributed by atoms with E-state index in [1.165, 1.54) is 6.07 Å². The Morgan fingerprint density at radius 3 is 2.41 bits per heavy atom. The molecule has 2 fully saturated rings. The van der Waals surface area contributed by atoms with Crippen LogP contribution in [-0.4, -0.2) is 47.8 Å². The third-order valence-corrected chi connectivity index (χ3v) is 6.81. The van der Waals surface area contributed by atoms with Crippen LogP contribution in [0.25, 0.3) is 0 Å². The van der Waals surface area contributed by atoms with Gasteiger partial charge in [0.1, 0.15) is 5.82 Å². The third kappa shape index (κ3) is 5.30. The Morgan fingerprint density at radius 2 is 1.69 bits per heavy atom. The lowest BCUT2D eigenvalue weighted by Gasteiger charge is -2.32. The van der Waals surface area contributed by atoms with Crippen molar-refractivity contribution in [1.29, 1.82) is 0 Å².